The number of piperidine rings is 1. The van der Waals surface area contributed by atoms with Gasteiger partial charge in [0.05, 0.1) is 11.4 Å². The summed E-state index contributed by atoms with van der Waals surface area (Å²) in [6, 6.07) is 29.3. The molecule has 1 aliphatic rings. The fraction of sp³-hybridized carbons (Fsp3) is 0.219. The molecular weight excluding hydrogens is 496 g/mol. The molecule has 40 heavy (non-hydrogen) atoms. The number of pyridine rings is 1. The second kappa shape index (κ2) is 11.5. The number of hydrogen-bond acceptors (Lipinski definition) is 7. The third-order valence-corrected chi connectivity index (χ3v) is 7.37. The number of nitriles is 1. The minimum Gasteiger partial charge on any atom is -0.367 e. The molecule has 1 saturated heterocycles. The molecule has 0 saturated carbocycles. The van der Waals surface area contributed by atoms with Crippen LogP contribution in [0.4, 0.5) is 5.82 Å². The Morgan fingerprint density at radius 3 is 2.35 bits per heavy atom. The Labute approximate surface area is 234 Å². The van der Waals surface area contributed by atoms with Crippen molar-refractivity contribution in [3.63, 3.8) is 0 Å². The molecule has 1 aliphatic heterocycles. The lowest BCUT2D eigenvalue weighted by Gasteiger charge is -2.32. The topological polar surface area (TPSA) is 95.5 Å². The molecule has 0 atom stereocenters. The molecule has 0 spiro atoms. The highest BCUT2D eigenvalue weighted by molar-refractivity contribution is 5.81. The lowest BCUT2D eigenvalue weighted by molar-refractivity contribution is 0.211. The first-order valence-electron chi connectivity index (χ1n) is 13.5. The molecule has 0 bridgehead atoms. The van der Waals surface area contributed by atoms with Crippen LogP contribution in [0.3, 0.4) is 0 Å². The van der Waals surface area contributed by atoms with Gasteiger partial charge in [-0.05, 0) is 36.6 Å². The van der Waals surface area contributed by atoms with E-state index in [1.807, 2.05) is 36.4 Å². The Bertz CT molecular complexity index is 1610. The molecular formula is C32H30N8. The maximum atomic E-state index is 9.03. The SMILES string of the molecule is Cn1c(-c2ccccn2)nc(-c2ccc(CN3CCC(Nc4ccnc(C#N)n4)CC3)cc2)c1-c1ccccc1. The summed E-state index contributed by atoms with van der Waals surface area (Å²) in [4.78, 5) is 20.3. The lowest BCUT2D eigenvalue weighted by atomic mass is 10.0. The molecule has 198 valence electrons. The summed E-state index contributed by atoms with van der Waals surface area (Å²) in [5, 5.41) is 12.5. The van der Waals surface area contributed by atoms with Gasteiger partial charge in [0.1, 0.15) is 17.6 Å². The van der Waals surface area contributed by atoms with Crippen LogP contribution in [-0.4, -0.2) is 48.5 Å². The average molecular weight is 527 g/mol. The largest absolute Gasteiger partial charge is 0.367 e. The van der Waals surface area contributed by atoms with E-state index in [1.165, 1.54) is 5.56 Å². The van der Waals surface area contributed by atoms with E-state index in [0.717, 1.165) is 72.3 Å². The van der Waals surface area contributed by atoms with Gasteiger partial charge in [0.15, 0.2) is 5.82 Å². The number of aromatic nitrogens is 5. The van der Waals surface area contributed by atoms with Gasteiger partial charge in [-0.15, -0.1) is 0 Å². The van der Waals surface area contributed by atoms with E-state index >= 15 is 0 Å². The van der Waals surface area contributed by atoms with E-state index in [1.54, 1.807) is 12.4 Å². The minimum atomic E-state index is 0.195. The van der Waals surface area contributed by atoms with Crippen LogP contribution >= 0.6 is 0 Å². The molecule has 8 nitrogen and oxygen atoms in total. The third kappa shape index (κ3) is 5.46. The van der Waals surface area contributed by atoms with Crippen molar-refractivity contribution in [1.29, 1.82) is 5.26 Å². The Hall–Kier alpha value is -4.87. The van der Waals surface area contributed by atoms with Gasteiger partial charge in [-0.25, -0.2) is 15.0 Å². The van der Waals surface area contributed by atoms with E-state index in [2.05, 4.69) is 85.3 Å². The summed E-state index contributed by atoms with van der Waals surface area (Å²) < 4.78 is 2.14. The quantitative estimate of drug-likeness (QED) is 0.297. The molecule has 0 amide bonds. The maximum Gasteiger partial charge on any atom is 0.234 e. The minimum absolute atomic E-state index is 0.195. The number of nitrogens with zero attached hydrogens (tertiary/aromatic N) is 7. The molecule has 0 aliphatic carbocycles. The van der Waals surface area contributed by atoms with Crippen LogP contribution in [0.5, 0.6) is 0 Å². The predicted octanol–water partition coefficient (Wildman–Crippen LogP) is 5.55. The first-order chi connectivity index (χ1) is 19.7. The molecule has 1 fully saturated rings. The maximum absolute atomic E-state index is 9.03. The predicted molar refractivity (Wildman–Crippen MR) is 156 cm³/mol. The smallest absolute Gasteiger partial charge is 0.234 e. The van der Waals surface area contributed by atoms with Crippen molar-refractivity contribution in [2.75, 3.05) is 18.4 Å². The van der Waals surface area contributed by atoms with E-state index in [-0.39, 0.29) is 5.82 Å². The summed E-state index contributed by atoms with van der Waals surface area (Å²) >= 11 is 0. The Kier molecular flexibility index (Phi) is 7.29. The highest BCUT2D eigenvalue weighted by Crippen LogP contribution is 2.35. The van der Waals surface area contributed by atoms with Crippen LogP contribution in [0.2, 0.25) is 0 Å². The van der Waals surface area contributed by atoms with E-state index in [9.17, 15) is 0 Å². The van der Waals surface area contributed by atoms with Gasteiger partial charge >= 0.3 is 0 Å². The van der Waals surface area contributed by atoms with Crippen LogP contribution in [-0.2, 0) is 13.6 Å². The number of nitrogens with one attached hydrogen (secondary N) is 1. The van der Waals surface area contributed by atoms with Crippen molar-refractivity contribution in [3.05, 3.63) is 103 Å². The molecule has 6 rings (SSSR count). The van der Waals surface area contributed by atoms with E-state index in [4.69, 9.17) is 10.2 Å². The fourth-order valence-electron chi connectivity index (χ4n) is 5.31. The molecule has 3 aromatic heterocycles. The van der Waals surface area contributed by atoms with Gasteiger partial charge in [0.2, 0.25) is 5.82 Å². The number of imidazole rings is 1. The summed E-state index contributed by atoms with van der Waals surface area (Å²) in [5.74, 6) is 1.76. The van der Waals surface area contributed by atoms with E-state index < -0.39 is 0 Å². The van der Waals surface area contributed by atoms with Crippen LogP contribution < -0.4 is 5.32 Å². The van der Waals surface area contributed by atoms with Crippen molar-refractivity contribution in [2.24, 2.45) is 7.05 Å². The first-order valence-corrected chi connectivity index (χ1v) is 13.5. The number of anilines is 1. The average Bonchev–Trinajstić information content (AvgIpc) is 3.36. The summed E-state index contributed by atoms with van der Waals surface area (Å²) in [7, 11) is 2.06. The molecule has 8 heteroatoms. The zero-order chi connectivity index (χ0) is 27.3. The second-order valence-electron chi connectivity index (χ2n) is 10.0. The summed E-state index contributed by atoms with van der Waals surface area (Å²) in [6.07, 6.45) is 5.48. The number of hydrogen-bond donors (Lipinski definition) is 1. The second-order valence-corrected chi connectivity index (χ2v) is 10.0. The van der Waals surface area contributed by atoms with Crippen LogP contribution in [0.15, 0.2) is 91.3 Å². The van der Waals surface area contributed by atoms with Gasteiger partial charge in [0, 0.05) is 56.2 Å². The van der Waals surface area contributed by atoms with Gasteiger partial charge in [-0.2, -0.15) is 5.26 Å². The van der Waals surface area contributed by atoms with Crippen molar-refractivity contribution >= 4 is 5.82 Å². The zero-order valence-electron chi connectivity index (χ0n) is 22.4. The Morgan fingerprint density at radius 2 is 1.62 bits per heavy atom. The molecule has 1 N–H and O–H groups in total. The van der Waals surface area contributed by atoms with Gasteiger partial charge in [-0.1, -0.05) is 60.7 Å². The number of rotatable bonds is 7. The Balaban J connectivity index is 1.16. The molecule has 4 heterocycles. The molecule has 5 aromatic rings. The third-order valence-electron chi connectivity index (χ3n) is 7.37. The Morgan fingerprint density at radius 1 is 0.850 bits per heavy atom. The van der Waals surface area contributed by atoms with Gasteiger partial charge in [-0.3, -0.25) is 9.88 Å². The summed E-state index contributed by atoms with van der Waals surface area (Å²) in [6.45, 7) is 2.91. The van der Waals surface area contributed by atoms with Crippen molar-refractivity contribution in [2.45, 2.75) is 25.4 Å². The molecule has 2 aromatic carbocycles. The fourth-order valence-corrected chi connectivity index (χ4v) is 5.31. The summed E-state index contributed by atoms with van der Waals surface area (Å²) in [5.41, 5.74) is 6.39. The highest BCUT2D eigenvalue weighted by Gasteiger charge is 2.21. The van der Waals surface area contributed by atoms with Crippen LogP contribution in [0.25, 0.3) is 34.0 Å². The van der Waals surface area contributed by atoms with Gasteiger partial charge in [0.25, 0.3) is 0 Å². The van der Waals surface area contributed by atoms with Crippen molar-refractivity contribution < 1.29 is 0 Å². The lowest BCUT2D eigenvalue weighted by Crippen LogP contribution is -2.38. The number of benzene rings is 2. The van der Waals surface area contributed by atoms with Crippen LogP contribution in [0, 0.1) is 11.3 Å². The van der Waals surface area contributed by atoms with E-state index in [0.29, 0.717) is 6.04 Å². The molecule has 0 radical (unpaired) electrons. The van der Waals surface area contributed by atoms with Crippen molar-refractivity contribution in [1.82, 2.24) is 29.4 Å². The van der Waals surface area contributed by atoms with Gasteiger partial charge < -0.3 is 9.88 Å². The highest BCUT2D eigenvalue weighted by atomic mass is 15.2. The first kappa shape index (κ1) is 25.4. The van der Waals surface area contributed by atoms with Crippen molar-refractivity contribution in [3.8, 4) is 40.1 Å². The number of likely N-dealkylation sites (tertiary alicyclic amines) is 1. The molecule has 0 unspecified atom stereocenters. The monoisotopic (exact) mass is 526 g/mol. The standard InChI is InChI=1S/C32H30N8/c1-39-31(25-7-3-2-4-8-25)30(38-32(39)27-9-5-6-17-34-27)24-12-10-23(11-13-24)22-40-19-15-26(16-20-40)36-28-14-18-35-29(21-33)37-28/h2-14,17-18,26H,15-16,19-20,22H2,1H3,(H,35,36,37). The normalized spacial score (nSPS) is 14.1. The zero-order valence-corrected chi connectivity index (χ0v) is 22.4. The van der Waals surface area contributed by atoms with Crippen LogP contribution in [0.1, 0.15) is 24.2 Å².